The summed E-state index contributed by atoms with van der Waals surface area (Å²) in [7, 11) is 0. The number of nitrogens with two attached hydrogens (primary N) is 1. The maximum absolute atomic E-state index is 5.98. The van der Waals surface area contributed by atoms with Crippen LogP contribution in [0.3, 0.4) is 0 Å². The van der Waals surface area contributed by atoms with E-state index in [4.69, 9.17) is 5.73 Å². The molecule has 0 saturated heterocycles. The molecular weight excluding hydrogens is 280 g/mol. The highest BCUT2D eigenvalue weighted by molar-refractivity contribution is 7.12. The van der Waals surface area contributed by atoms with Gasteiger partial charge in [-0.15, -0.1) is 11.3 Å². The molecule has 2 N–H and O–H groups in total. The molecule has 0 radical (unpaired) electrons. The fourth-order valence-electron chi connectivity index (χ4n) is 2.03. The lowest BCUT2D eigenvalue weighted by Gasteiger charge is -2.03. The first-order valence-corrected chi connectivity index (χ1v) is 7.62. The first-order valence-electron chi connectivity index (χ1n) is 6.74. The van der Waals surface area contributed by atoms with E-state index in [0.29, 0.717) is 5.84 Å². The van der Waals surface area contributed by atoms with E-state index >= 15 is 0 Å². The van der Waals surface area contributed by atoms with Gasteiger partial charge in [-0.25, -0.2) is 9.98 Å². The van der Waals surface area contributed by atoms with Crippen molar-refractivity contribution in [2.24, 2.45) is 10.7 Å². The zero-order chi connectivity index (χ0) is 14.5. The Hall–Kier alpha value is -2.40. The molecule has 0 amide bonds. The molecule has 4 nitrogen and oxygen atoms in total. The molecule has 0 spiro atoms. The molecule has 3 rings (SSSR count). The van der Waals surface area contributed by atoms with Crippen molar-refractivity contribution in [1.29, 1.82) is 0 Å². The van der Waals surface area contributed by atoms with Gasteiger partial charge in [0.15, 0.2) is 0 Å². The molecule has 0 unspecified atom stereocenters. The Labute approximate surface area is 127 Å². The van der Waals surface area contributed by atoms with E-state index in [2.05, 4.69) is 26.7 Å². The van der Waals surface area contributed by atoms with Gasteiger partial charge in [0, 0.05) is 18.9 Å². The summed E-state index contributed by atoms with van der Waals surface area (Å²) in [6.45, 7) is 0.931. The molecule has 2 heterocycles. The number of aliphatic imine (C=N–C) groups is 1. The van der Waals surface area contributed by atoms with Gasteiger partial charge in [-0.05, 0) is 35.6 Å². The van der Waals surface area contributed by atoms with Crippen LogP contribution in [0.5, 0.6) is 0 Å². The van der Waals surface area contributed by atoms with Crippen LogP contribution < -0.4 is 5.73 Å². The van der Waals surface area contributed by atoms with E-state index in [1.54, 1.807) is 17.5 Å². The Morgan fingerprint density at radius 1 is 1.24 bits per heavy atom. The molecule has 1 aromatic carbocycles. The van der Waals surface area contributed by atoms with Crippen molar-refractivity contribution in [2.75, 3.05) is 0 Å². The van der Waals surface area contributed by atoms with Crippen LogP contribution in [0.1, 0.15) is 10.4 Å². The Morgan fingerprint density at radius 3 is 2.76 bits per heavy atom. The Morgan fingerprint density at radius 2 is 2.10 bits per heavy atom. The normalized spacial score (nSPS) is 11.7. The predicted molar refractivity (Wildman–Crippen MR) is 87.1 cm³/mol. The van der Waals surface area contributed by atoms with Crippen molar-refractivity contribution >= 4 is 22.9 Å². The third-order valence-corrected chi connectivity index (χ3v) is 4.07. The van der Waals surface area contributed by atoms with Crippen molar-refractivity contribution in [3.05, 3.63) is 70.9 Å². The van der Waals surface area contributed by atoms with Crippen molar-refractivity contribution in [2.45, 2.75) is 13.0 Å². The zero-order valence-electron chi connectivity index (χ0n) is 11.5. The summed E-state index contributed by atoms with van der Waals surface area (Å²) in [5.74, 6) is 0.566. The minimum atomic E-state index is 0.566. The average Bonchev–Trinajstić information content (AvgIpc) is 3.20. The summed E-state index contributed by atoms with van der Waals surface area (Å²) in [6.07, 6.45) is 6.58. The molecule has 106 valence electrons. The van der Waals surface area contributed by atoms with Gasteiger partial charge in [-0.1, -0.05) is 18.2 Å². The van der Waals surface area contributed by atoms with E-state index in [0.717, 1.165) is 23.5 Å². The van der Waals surface area contributed by atoms with Gasteiger partial charge in [-0.2, -0.15) is 0 Å². The van der Waals surface area contributed by atoms with Gasteiger partial charge >= 0.3 is 0 Å². The molecule has 0 aliphatic rings. The highest BCUT2D eigenvalue weighted by Crippen LogP contribution is 2.16. The van der Waals surface area contributed by atoms with Gasteiger partial charge in [0.25, 0.3) is 0 Å². The first kappa shape index (κ1) is 13.6. The molecule has 0 saturated carbocycles. The third kappa shape index (κ3) is 3.58. The van der Waals surface area contributed by atoms with E-state index in [1.807, 2.05) is 42.2 Å². The molecule has 0 aliphatic carbocycles. The minimum absolute atomic E-state index is 0.566. The Bertz CT molecular complexity index is 697. The molecule has 0 bridgehead atoms. The molecule has 0 aliphatic heterocycles. The second-order valence-corrected chi connectivity index (χ2v) is 5.64. The molecule has 5 heteroatoms. The smallest absolute Gasteiger partial charge is 0.141 e. The fraction of sp³-hybridized carbons (Fsp3) is 0.125. The topological polar surface area (TPSA) is 56.2 Å². The van der Waals surface area contributed by atoms with Gasteiger partial charge in [-0.3, -0.25) is 0 Å². The Kier molecular flexibility index (Phi) is 4.12. The summed E-state index contributed by atoms with van der Waals surface area (Å²) >= 11 is 1.60. The summed E-state index contributed by atoms with van der Waals surface area (Å²) in [5, 5.41) is 2.00. The number of rotatable bonds is 5. The van der Waals surface area contributed by atoms with E-state index in [1.165, 1.54) is 5.56 Å². The van der Waals surface area contributed by atoms with Crippen LogP contribution in [0.2, 0.25) is 0 Å². The fourth-order valence-corrected chi connectivity index (χ4v) is 2.66. The van der Waals surface area contributed by atoms with Gasteiger partial charge in [0.2, 0.25) is 0 Å². The molecule has 0 atom stereocenters. The van der Waals surface area contributed by atoms with Gasteiger partial charge < -0.3 is 10.3 Å². The largest absolute Gasteiger partial charge is 0.383 e. The van der Waals surface area contributed by atoms with Crippen molar-refractivity contribution in [1.82, 2.24) is 9.55 Å². The predicted octanol–water partition coefficient (Wildman–Crippen LogP) is 3.22. The standard InChI is InChI=1S/C16H16N4S/c17-16(15-2-1-11-21-15)19-14-5-3-13(4-6-14)7-9-20-10-8-18-12-20/h1-6,8,10-12H,7,9H2,(H2,17,19). The average molecular weight is 296 g/mol. The summed E-state index contributed by atoms with van der Waals surface area (Å²) in [4.78, 5) is 9.48. The second kappa shape index (κ2) is 6.37. The quantitative estimate of drug-likeness (QED) is 0.580. The van der Waals surface area contributed by atoms with Crippen LogP contribution in [0.25, 0.3) is 0 Å². The van der Waals surface area contributed by atoms with Crippen LogP contribution in [0.15, 0.2) is 65.5 Å². The van der Waals surface area contributed by atoms with Gasteiger partial charge in [0.1, 0.15) is 5.84 Å². The van der Waals surface area contributed by atoms with Gasteiger partial charge in [0.05, 0.1) is 16.9 Å². The summed E-state index contributed by atoms with van der Waals surface area (Å²) < 4.78 is 2.07. The number of nitrogens with zero attached hydrogens (tertiary/aromatic N) is 3. The lowest BCUT2D eigenvalue weighted by atomic mass is 10.1. The first-order chi connectivity index (χ1) is 10.3. The number of amidine groups is 1. The van der Waals surface area contributed by atoms with E-state index < -0.39 is 0 Å². The lowest BCUT2D eigenvalue weighted by Crippen LogP contribution is -2.10. The number of benzene rings is 1. The third-order valence-electron chi connectivity index (χ3n) is 3.18. The number of hydrogen-bond donors (Lipinski definition) is 1. The van der Waals surface area contributed by atoms with Crippen LogP contribution in [-0.2, 0) is 13.0 Å². The van der Waals surface area contributed by atoms with E-state index in [-0.39, 0.29) is 0 Å². The number of imidazole rings is 1. The number of aromatic nitrogens is 2. The van der Waals surface area contributed by atoms with Crippen molar-refractivity contribution < 1.29 is 0 Å². The van der Waals surface area contributed by atoms with Crippen LogP contribution >= 0.6 is 11.3 Å². The molecule has 21 heavy (non-hydrogen) atoms. The van der Waals surface area contributed by atoms with Crippen LogP contribution in [-0.4, -0.2) is 15.4 Å². The van der Waals surface area contributed by atoms with Crippen molar-refractivity contribution in [3.63, 3.8) is 0 Å². The maximum Gasteiger partial charge on any atom is 0.141 e. The minimum Gasteiger partial charge on any atom is -0.383 e. The number of thiophene rings is 1. The highest BCUT2D eigenvalue weighted by atomic mass is 32.1. The van der Waals surface area contributed by atoms with E-state index in [9.17, 15) is 0 Å². The maximum atomic E-state index is 5.98. The molecule has 2 aromatic heterocycles. The zero-order valence-corrected chi connectivity index (χ0v) is 12.3. The summed E-state index contributed by atoms with van der Waals surface area (Å²) in [6, 6.07) is 12.1. The van der Waals surface area contributed by atoms with Crippen molar-refractivity contribution in [3.8, 4) is 0 Å². The SMILES string of the molecule is NC(=Nc1ccc(CCn2ccnc2)cc1)c1cccs1. The number of hydrogen-bond acceptors (Lipinski definition) is 3. The monoisotopic (exact) mass is 296 g/mol. The molecule has 0 fully saturated rings. The lowest BCUT2D eigenvalue weighted by molar-refractivity contribution is 0.696. The van der Waals surface area contributed by atoms with Crippen LogP contribution in [0, 0.1) is 0 Å². The van der Waals surface area contributed by atoms with Crippen LogP contribution in [0.4, 0.5) is 5.69 Å². The highest BCUT2D eigenvalue weighted by Gasteiger charge is 2.00. The summed E-state index contributed by atoms with van der Waals surface area (Å²) in [5.41, 5.74) is 8.14. The number of aryl methyl sites for hydroxylation is 2. The molecule has 3 aromatic rings. The molecular formula is C16H16N4S. The second-order valence-electron chi connectivity index (χ2n) is 4.69. The Balaban J connectivity index is 1.65.